The molecule has 0 N–H and O–H groups in total. The maximum absolute atomic E-state index is 3.89. The minimum absolute atomic E-state index is 0.490. The molecule has 2 rings (SSSR count). The molecule has 2 atom stereocenters. The van der Waals surface area contributed by atoms with Crippen LogP contribution in [-0.2, 0) is 0 Å². The molecule has 0 heterocycles. The summed E-state index contributed by atoms with van der Waals surface area (Å²) in [6.07, 6.45) is 4.11. The molecule has 1 saturated carbocycles. The van der Waals surface area contributed by atoms with Gasteiger partial charge in [-0.15, -0.1) is 0 Å². The fraction of sp³-hybridized carbons (Fsp3) is 0.571. The molecule has 0 nitrogen and oxygen atoms in total. The fourth-order valence-electron chi connectivity index (χ4n) is 2.77. The highest BCUT2D eigenvalue weighted by molar-refractivity contribution is 9.09. The third kappa shape index (κ3) is 2.28. The van der Waals surface area contributed by atoms with E-state index in [9.17, 15) is 0 Å². The van der Waals surface area contributed by atoms with Gasteiger partial charge < -0.3 is 0 Å². The van der Waals surface area contributed by atoms with Crippen molar-refractivity contribution in [2.75, 3.05) is 0 Å². The second-order valence-corrected chi connectivity index (χ2v) is 6.29. The summed E-state index contributed by atoms with van der Waals surface area (Å²) in [5.41, 5.74) is 1.92. The Bertz CT molecular complexity index is 315. The van der Waals surface area contributed by atoms with E-state index in [1.807, 2.05) is 0 Å². The normalized spacial score (nSPS) is 26.5. The third-order valence-corrected chi connectivity index (χ3v) is 4.98. The Morgan fingerprint density at radius 1 is 1.27 bits per heavy atom. The van der Waals surface area contributed by atoms with Crippen molar-refractivity contribution < 1.29 is 0 Å². The molecule has 1 fully saturated rings. The van der Waals surface area contributed by atoms with Gasteiger partial charge in [-0.25, -0.2) is 0 Å². The first-order chi connectivity index (χ1) is 7.11. The Kier molecular flexibility index (Phi) is 3.20. The quantitative estimate of drug-likeness (QED) is 0.665. The van der Waals surface area contributed by atoms with Gasteiger partial charge in [0.25, 0.3) is 0 Å². The Balaban J connectivity index is 2.18. The highest BCUT2D eigenvalue weighted by Gasteiger charge is 2.38. The highest BCUT2D eigenvalue weighted by atomic mass is 79.9. The molecule has 1 aliphatic rings. The van der Waals surface area contributed by atoms with E-state index in [1.54, 1.807) is 0 Å². The number of hydrogen-bond donors (Lipinski definition) is 0. The zero-order valence-electron chi connectivity index (χ0n) is 9.54. The van der Waals surface area contributed by atoms with Gasteiger partial charge >= 0.3 is 0 Å². The molecule has 0 spiro atoms. The second-order valence-electron chi connectivity index (χ2n) is 5.30. The Labute approximate surface area is 101 Å². The van der Waals surface area contributed by atoms with E-state index >= 15 is 0 Å². The van der Waals surface area contributed by atoms with Crippen LogP contribution in [0.15, 0.2) is 30.3 Å². The standard InChI is InChI=1S/C14H19Br/c1-14(2)10-6-9-12(14)13(15)11-7-4-3-5-8-11/h3-5,7-8,12-13H,6,9-10H2,1-2H3. The van der Waals surface area contributed by atoms with Crippen LogP contribution in [0.4, 0.5) is 0 Å². The van der Waals surface area contributed by atoms with Crippen LogP contribution >= 0.6 is 15.9 Å². The average Bonchev–Trinajstić information content (AvgIpc) is 2.58. The summed E-state index contributed by atoms with van der Waals surface area (Å²) < 4.78 is 0. The summed E-state index contributed by atoms with van der Waals surface area (Å²) in [7, 11) is 0. The summed E-state index contributed by atoms with van der Waals surface area (Å²) in [6, 6.07) is 10.8. The van der Waals surface area contributed by atoms with Crippen LogP contribution in [0.25, 0.3) is 0 Å². The number of hydrogen-bond acceptors (Lipinski definition) is 0. The molecular formula is C14H19Br. The van der Waals surface area contributed by atoms with Gasteiger partial charge in [0.1, 0.15) is 0 Å². The van der Waals surface area contributed by atoms with E-state index in [2.05, 4.69) is 60.1 Å². The molecule has 0 radical (unpaired) electrons. The van der Waals surface area contributed by atoms with Crippen molar-refractivity contribution in [3.8, 4) is 0 Å². The molecule has 0 bridgehead atoms. The summed E-state index contributed by atoms with van der Waals surface area (Å²) in [6.45, 7) is 4.81. The maximum Gasteiger partial charge on any atom is 0.0428 e. The minimum Gasteiger partial charge on any atom is -0.0836 e. The summed E-state index contributed by atoms with van der Waals surface area (Å²) in [5.74, 6) is 0.778. The third-order valence-electron chi connectivity index (χ3n) is 3.81. The SMILES string of the molecule is CC1(C)CCCC1C(Br)c1ccccc1. The van der Waals surface area contributed by atoms with Crippen molar-refractivity contribution in [2.24, 2.45) is 11.3 Å². The molecule has 0 aliphatic heterocycles. The van der Waals surface area contributed by atoms with Gasteiger partial charge in [0.2, 0.25) is 0 Å². The second kappa shape index (κ2) is 4.29. The Morgan fingerprint density at radius 2 is 1.93 bits per heavy atom. The van der Waals surface area contributed by atoms with Crippen molar-refractivity contribution in [3.05, 3.63) is 35.9 Å². The van der Waals surface area contributed by atoms with E-state index in [0.29, 0.717) is 10.2 Å². The van der Waals surface area contributed by atoms with Gasteiger partial charge in [0, 0.05) is 4.83 Å². The monoisotopic (exact) mass is 266 g/mol. The van der Waals surface area contributed by atoms with Crippen LogP contribution in [-0.4, -0.2) is 0 Å². The Morgan fingerprint density at radius 3 is 2.47 bits per heavy atom. The molecule has 2 unspecified atom stereocenters. The number of benzene rings is 1. The van der Waals surface area contributed by atoms with E-state index < -0.39 is 0 Å². The first-order valence-corrected chi connectivity index (χ1v) is 6.72. The fourth-order valence-corrected chi connectivity index (χ4v) is 4.05. The molecule has 0 aromatic heterocycles. The van der Waals surface area contributed by atoms with Gasteiger partial charge in [-0.2, -0.15) is 0 Å². The topological polar surface area (TPSA) is 0 Å². The molecule has 82 valence electrons. The van der Waals surface area contributed by atoms with Crippen molar-refractivity contribution in [1.82, 2.24) is 0 Å². The van der Waals surface area contributed by atoms with Crippen LogP contribution in [0.5, 0.6) is 0 Å². The highest BCUT2D eigenvalue weighted by Crippen LogP contribution is 2.51. The van der Waals surface area contributed by atoms with Crippen LogP contribution in [0, 0.1) is 11.3 Å². The van der Waals surface area contributed by atoms with E-state index in [0.717, 1.165) is 5.92 Å². The maximum atomic E-state index is 3.89. The molecule has 1 aliphatic carbocycles. The zero-order chi connectivity index (χ0) is 10.9. The Hall–Kier alpha value is -0.300. The van der Waals surface area contributed by atoms with Crippen molar-refractivity contribution in [1.29, 1.82) is 0 Å². The predicted octanol–water partition coefficient (Wildman–Crippen LogP) is 4.95. The zero-order valence-corrected chi connectivity index (χ0v) is 11.1. The molecule has 1 aromatic carbocycles. The van der Waals surface area contributed by atoms with Crippen LogP contribution in [0.1, 0.15) is 43.5 Å². The summed E-state index contributed by atoms with van der Waals surface area (Å²) in [5, 5.41) is 0. The lowest BCUT2D eigenvalue weighted by Gasteiger charge is -2.31. The first-order valence-electron chi connectivity index (χ1n) is 5.80. The van der Waals surface area contributed by atoms with E-state index in [1.165, 1.54) is 24.8 Å². The van der Waals surface area contributed by atoms with Gasteiger partial charge in [-0.1, -0.05) is 66.5 Å². The largest absolute Gasteiger partial charge is 0.0836 e. The van der Waals surface area contributed by atoms with Crippen molar-refractivity contribution >= 4 is 15.9 Å². The number of alkyl halides is 1. The van der Waals surface area contributed by atoms with Gasteiger partial charge in [-0.3, -0.25) is 0 Å². The van der Waals surface area contributed by atoms with Crippen LogP contribution in [0.3, 0.4) is 0 Å². The molecule has 0 amide bonds. The van der Waals surface area contributed by atoms with E-state index in [4.69, 9.17) is 0 Å². The molecular weight excluding hydrogens is 248 g/mol. The minimum atomic E-state index is 0.490. The van der Waals surface area contributed by atoms with Gasteiger partial charge in [0.05, 0.1) is 0 Å². The van der Waals surface area contributed by atoms with Crippen molar-refractivity contribution in [3.63, 3.8) is 0 Å². The lowest BCUT2D eigenvalue weighted by Crippen LogP contribution is -2.21. The molecule has 1 aromatic rings. The molecule has 15 heavy (non-hydrogen) atoms. The van der Waals surface area contributed by atoms with Gasteiger partial charge in [-0.05, 0) is 29.7 Å². The predicted molar refractivity (Wildman–Crippen MR) is 69.2 cm³/mol. The van der Waals surface area contributed by atoms with Crippen LogP contribution in [0.2, 0.25) is 0 Å². The smallest absolute Gasteiger partial charge is 0.0428 e. The number of rotatable bonds is 2. The summed E-state index contributed by atoms with van der Waals surface area (Å²) >= 11 is 3.89. The molecule has 0 saturated heterocycles. The van der Waals surface area contributed by atoms with E-state index in [-0.39, 0.29) is 0 Å². The average molecular weight is 267 g/mol. The number of halogens is 1. The summed E-state index contributed by atoms with van der Waals surface area (Å²) in [4.78, 5) is 0.524. The lowest BCUT2D eigenvalue weighted by molar-refractivity contribution is 0.257. The first kappa shape index (κ1) is 11.2. The van der Waals surface area contributed by atoms with Gasteiger partial charge in [0.15, 0.2) is 0 Å². The lowest BCUT2D eigenvalue weighted by atomic mass is 9.78. The van der Waals surface area contributed by atoms with Crippen LogP contribution < -0.4 is 0 Å². The molecule has 1 heteroatoms. The van der Waals surface area contributed by atoms with Crippen molar-refractivity contribution in [2.45, 2.75) is 37.9 Å².